The third-order valence-electron chi connectivity index (χ3n) is 2.29. The molecule has 0 spiro atoms. The van der Waals surface area contributed by atoms with E-state index in [1.165, 1.54) is 4.57 Å². The first-order chi connectivity index (χ1) is 6.96. The van der Waals surface area contributed by atoms with Gasteiger partial charge in [0, 0.05) is 24.1 Å². The highest BCUT2D eigenvalue weighted by Crippen LogP contribution is 1.93. The zero-order valence-electron chi connectivity index (χ0n) is 8.93. The minimum atomic E-state index is -3.01. The van der Waals surface area contributed by atoms with Crippen molar-refractivity contribution in [1.82, 2.24) is 4.57 Å². The third-order valence-corrected chi connectivity index (χ3v) is 3.98. The summed E-state index contributed by atoms with van der Waals surface area (Å²) >= 11 is 0. The molecule has 0 amide bonds. The largest absolute Gasteiger partial charge is 0.314 e. The first-order valence-electron chi connectivity index (χ1n) is 4.83. The predicted molar refractivity (Wildman–Crippen MR) is 59.8 cm³/mol. The molecule has 0 fully saturated rings. The van der Waals surface area contributed by atoms with Gasteiger partial charge in [-0.05, 0) is 13.0 Å². The number of hydrogen-bond donors (Lipinski definition) is 0. The van der Waals surface area contributed by atoms with Crippen LogP contribution in [0.5, 0.6) is 0 Å². The Labute approximate surface area is 89.5 Å². The molecule has 84 valence electrons. The van der Waals surface area contributed by atoms with Gasteiger partial charge in [0.1, 0.15) is 0 Å². The number of rotatable bonds is 4. The monoisotopic (exact) mass is 229 g/mol. The van der Waals surface area contributed by atoms with E-state index >= 15 is 0 Å². The molecule has 0 aliphatic heterocycles. The van der Waals surface area contributed by atoms with Gasteiger partial charge < -0.3 is 4.57 Å². The fourth-order valence-electron chi connectivity index (χ4n) is 1.21. The van der Waals surface area contributed by atoms with Crippen LogP contribution in [-0.2, 0) is 16.4 Å². The second kappa shape index (κ2) is 4.61. The Morgan fingerprint density at radius 2 is 2.07 bits per heavy atom. The topological polar surface area (TPSA) is 56.1 Å². The zero-order chi connectivity index (χ0) is 11.5. The molecule has 0 aliphatic rings. The van der Waals surface area contributed by atoms with E-state index in [0.29, 0.717) is 5.56 Å². The molecule has 1 aromatic rings. The van der Waals surface area contributed by atoms with E-state index in [9.17, 15) is 13.2 Å². The van der Waals surface area contributed by atoms with Crippen molar-refractivity contribution in [2.75, 3.05) is 11.5 Å². The van der Waals surface area contributed by atoms with E-state index in [-0.39, 0.29) is 23.6 Å². The van der Waals surface area contributed by atoms with Crippen LogP contribution in [0, 0.1) is 6.92 Å². The second-order valence-electron chi connectivity index (χ2n) is 3.43. The maximum absolute atomic E-state index is 11.5. The molecule has 0 bridgehead atoms. The molecule has 0 radical (unpaired) electrons. The van der Waals surface area contributed by atoms with Crippen molar-refractivity contribution in [3.05, 3.63) is 34.2 Å². The summed E-state index contributed by atoms with van der Waals surface area (Å²) in [7, 11) is -3.01. The Morgan fingerprint density at radius 1 is 1.40 bits per heavy atom. The molecule has 15 heavy (non-hydrogen) atoms. The Balaban J connectivity index is 2.84. The fourth-order valence-corrected chi connectivity index (χ4v) is 1.98. The molecule has 0 N–H and O–H groups in total. The van der Waals surface area contributed by atoms with Crippen molar-refractivity contribution in [2.24, 2.45) is 0 Å². The lowest BCUT2D eigenvalue weighted by atomic mass is 10.3. The summed E-state index contributed by atoms with van der Waals surface area (Å²) in [5.41, 5.74) is 0.509. The van der Waals surface area contributed by atoms with Gasteiger partial charge in [0.2, 0.25) is 0 Å². The molecule has 0 saturated carbocycles. The highest BCUT2D eigenvalue weighted by Gasteiger charge is 2.08. The molecule has 1 rings (SSSR count). The lowest BCUT2D eigenvalue weighted by Gasteiger charge is -2.05. The smallest absolute Gasteiger partial charge is 0.253 e. The number of aryl methyl sites for hydroxylation is 2. The van der Waals surface area contributed by atoms with Crippen molar-refractivity contribution in [3.8, 4) is 0 Å². The SMILES string of the molecule is CCS(=O)(=O)CCn1cccc(C)c1=O. The molecule has 0 aromatic carbocycles. The van der Waals surface area contributed by atoms with E-state index < -0.39 is 9.84 Å². The van der Waals surface area contributed by atoms with Crippen molar-refractivity contribution in [1.29, 1.82) is 0 Å². The van der Waals surface area contributed by atoms with Crippen LogP contribution in [0.2, 0.25) is 0 Å². The summed E-state index contributed by atoms with van der Waals surface area (Å²) in [6.07, 6.45) is 1.61. The standard InChI is InChI=1S/C10H15NO3S/c1-3-15(13,14)8-7-11-6-4-5-9(2)10(11)12/h4-6H,3,7-8H2,1-2H3. The number of aromatic nitrogens is 1. The highest BCUT2D eigenvalue weighted by molar-refractivity contribution is 7.91. The predicted octanol–water partition coefficient (Wildman–Crippen LogP) is 0.591. The summed E-state index contributed by atoms with van der Waals surface area (Å²) in [6.45, 7) is 3.55. The molecule has 0 aliphatic carbocycles. The minimum Gasteiger partial charge on any atom is -0.314 e. The van der Waals surface area contributed by atoms with Gasteiger partial charge in [-0.3, -0.25) is 4.79 Å². The first-order valence-corrected chi connectivity index (χ1v) is 6.65. The van der Waals surface area contributed by atoms with Crippen LogP contribution in [0.3, 0.4) is 0 Å². The van der Waals surface area contributed by atoms with Gasteiger partial charge in [-0.1, -0.05) is 13.0 Å². The first kappa shape index (κ1) is 12.0. The molecule has 1 heterocycles. The van der Waals surface area contributed by atoms with Crippen LogP contribution in [0.25, 0.3) is 0 Å². The maximum Gasteiger partial charge on any atom is 0.253 e. The summed E-state index contributed by atoms with van der Waals surface area (Å²) < 4.78 is 23.9. The van der Waals surface area contributed by atoms with Crippen LogP contribution in [0.1, 0.15) is 12.5 Å². The molecule has 4 nitrogen and oxygen atoms in total. The van der Waals surface area contributed by atoms with E-state index in [4.69, 9.17) is 0 Å². The summed E-state index contributed by atoms with van der Waals surface area (Å²) in [5, 5.41) is 0. The van der Waals surface area contributed by atoms with Gasteiger partial charge in [0.05, 0.1) is 5.75 Å². The lowest BCUT2D eigenvalue weighted by Crippen LogP contribution is -2.25. The molecule has 5 heteroatoms. The Morgan fingerprint density at radius 3 is 2.67 bits per heavy atom. The fraction of sp³-hybridized carbons (Fsp3) is 0.500. The molecule has 0 atom stereocenters. The minimum absolute atomic E-state index is 0.0207. The highest BCUT2D eigenvalue weighted by atomic mass is 32.2. The van der Waals surface area contributed by atoms with Gasteiger partial charge in [0.25, 0.3) is 5.56 Å². The Bertz CT molecular complexity index is 488. The molecular formula is C10H15NO3S. The zero-order valence-corrected chi connectivity index (χ0v) is 9.75. The van der Waals surface area contributed by atoms with Crippen LogP contribution in [0.15, 0.2) is 23.1 Å². The van der Waals surface area contributed by atoms with Crippen molar-refractivity contribution >= 4 is 9.84 Å². The van der Waals surface area contributed by atoms with E-state index in [1.54, 1.807) is 32.2 Å². The van der Waals surface area contributed by atoms with Crippen molar-refractivity contribution < 1.29 is 8.42 Å². The number of pyridine rings is 1. The van der Waals surface area contributed by atoms with Crippen LogP contribution in [0.4, 0.5) is 0 Å². The third kappa shape index (κ3) is 3.20. The number of nitrogens with zero attached hydrogens (tertiary/aromatic N) is 1. The van der Waals surface area contributed by atoms with Crippen molar-refractivity contribution in [2.45, 2.75) is 20.4 Å². The summed E-state index contributed by atoms with van der Waals surface area (Å²) in [5.74, 6) is 0.139. The molecule has 0 saturated heterocycles. The Kier molecular flexibility index (Phi) is 3.68. The lowest BCUT2D eigenvalue weighted by molar-refractivity contribution is 0.588. The molecular weight excluding hydrogens is 214 g/mol. The average molecular weight is 229 g/mol. The second-order valence-corrected chi connectivity index (χ2v) is 5.90. The number of sulfone groups is 1. The molecule has 1 aromatic heterocycles. The quantitative estimate of drug-likeness (QED) is 0.759. The van der Waals surface area contributed by atoms with Crippen LogP contribution < -0.4 is 5.56 Å². The average Bonchev–Trinajstić information content (AvgIpc) is 2.20. The van der Waals surface area contributed by atoms with Gasteiger partial charge in [-0.25, -0.2) is 8.42 Å². The summed E-state index contributed by atoms with van der Waals surface area (Å²) in [6, 6.07) is 3.46. The normalized spacial score (nSPS) is 11.6. The van der Waals surface area contributed by atoms with Gasteiger partial charge >= 0.3 is 0 Å². The number of hydrogen-bond acceptors (Lipinski definition) is 3. The van der Waals surface area contributed by atoms with E-state index in [2.05, 4.69) is 0 Å². The van der Waals surface area contributed by atoms with Crippen LogP contribution >= 0.6 is 0 Å². The Hall–Kier alpha value is -1.10. The van der Waals surface area contributed by atoms with E-state index in [1.807, 2.05) is 0 Å². The van der Waals surface area contributed by atoms with Crippen molar-refractivity contribution in [3.63, 3.8) is 0 Å². The molecule has 0 unspecified atom stereocenters. The maximum atomic E-state index is 11.5. The van der Waals surface area contributed by atoms with E-state index in [0.717, 1.165) is 0 Å². The van der Waals surface area contributed by atoms with Crippen LogP contribution in [-0.4, -0.2) is 24.5 Å². The van der Waals surface area contributed by atoms with Gasteiger partial charge in [-0.15, -0.1) is 0 Å². The summed E-state index contributed by atoms with van der Waals surface area (Å²) in [4.78, 5) is 11.5. The van der Waals surface area contributed by atoms with Gasteiger partial charge in [0.15, 0.2) is 9.84 Å². The van der Waals surface area contributed by atoms with Gasteiger partial charge in [-0.2, -0.15) is 0 Å².